The Morgan fingerprint density at radius 1 is 1.42 bits per heavy atom. The number of nitro groups is 1. The van der Waals surface area contributed by atoms with E-state index in [9.17, 15) is 10.1 Å². The maximum absolute atomic E-state index is 11.0. The second-order valence-corrected chi connectivity index (χ2v) is 4.99. The van der Waals surface area contributed by atoms with E-state index in [0.29, 0.717) is 18.9 Å². The van der Waals surface area contributed by atoms with Crippen LogP contribution < -0.4 is 10.1 Å². The van der Waals surface area contributed by atoms with Crippen molar-refractivity contribution in [3.63, 3.8) is 0 Å². The summed E-state index contributed by atoms with van der Waals surface area (Å²) >= 11 is 1.56. The van der Waals surface area contributed by atoms with Gasteiger partial charge >= 0.3 is 5.69 Å². The summed E-state index contributed by atoms with van der Waals surface area (Å²) in [7, 11) is 1.80. The largest absolute Gasteiger partial charge is 0.481 e. The van der Waals surface area contributed by atoms with Gasteiger partial charge in [-0.15, -0.1) is 11.3 Å². The second kappa shape index (κ2) is 6.31. The molecule has 0 amide bonds. The van der Waals surface area contributed by atoms with Crippen molar-refractivity contribution in [1.29, 1.82) is 0 Å². The molecule has 0 aliphatic heterocycles. The average Bonchev–Trinajstić information content (AvgIpc) is 2.90. The third-order valence-corrected chi connectivity index (χ3v) is 3.40. The molecule has 0 atom stereocenters. The lowest BCUT2D eigenvalue weighted by Gasteiger charge is -2.07. The summed E-state index contributed by atoms with van der Waals surface area (Å²) in [6.07, 6.45) is 0. The van der Waals surface area contributed by atoms with Gasteiger partial charge < -0.3 is 10.1 Å². The van der Waals surface area contributed by atoms with Crippen molar-refractivity contribution in [1.82, 2.24) is 5.32 Å². The Bertz CT molecular complexity index is 555. The van der Waals surface area contributed by atoms with Crippen molar-refractivity contribution in [2.45, 2.75) is 13.2 Å². The van der Waals surface area contributed by atoms with Gasteiger partial charge in [0.15, 0.2) is 5.75 Å². The van der Waals surface area contributed by atoms with E-state index < -0.39 is 4.92 Å². The lowest BCUT2D eigenvalue weighted by Crippen LogP contribution is -2.06. The molecule has 1 aromatic heterocycles. The van der Waals surface area contributed by atoms with E-state index in [4.69, 9.17) is 4.74 Å². The SMILES string of the molecule is CNCc1ccc(OCc2cccs2)c([N+](=O)[O-])c1. The zero-order valence-electron chi connectivity index (χ0n) is 10.5. The zero-order chi connectivity index (χ0) is 13.7. The van der Waals surface area contributed by atoms with E-state index in [0.717, 1.165) is 10.4 Å². The Morgan fingerprint density at radius 2 is 2.26 bits per heavy atom. The van der Waals surface area contributed by atoms with Gasteiger partial charge in [-0.2, -0.15) is 0 Å². The maximum Gasteiger partial charge on any atom is 0.311 e. The number of ether oxygens (including phenoxy) is 1. The Hall–Kier alpha value is -1.92. The number of benzene rings is 1. The van der Waals surface area contributed by atoms with E-state index in [2.05, 4.69) is 5.32 Å². The van der Waals surface area contributed by atoms with Gasteiger partial charge in [-0.1, -0.05) is 12.1 Å². The van der Waals surface area contributed by atoms with Crippen molar-refractivity contribution in [3.05, 3.63) is 56.3 Å². The number of hydrogen-bond donors (Lipinski definition) is 1. The maximum atomic E-state index is 11.0. The zero-order valence-corrected chi connectivity index (χ0v) is 11.3. The molecule has 100 valence electrons. The molecule has 5 nitrogen and oxygen atoms in total. The number of nitro benzene ring substituents is 1. The molecular formula is C13H14N2O3S. The minimum absolute atomic E-state index is 0.00399. The van der Waals surface area contributed by atoms with Crippen LogP contribution in [0.2, 0.25) is 0 Å². The van der Waals surface area contributed by atoms with Crippen LogP contribution in [0.5, 0.6) is 5.75 Å². The van der Waals surface area contributed by atoms with E-state index in [1.54, 1.807) is 30.5 Å². The fourth-order valence-electron chi connectivity index (χ4n) is 1.69. The highest BCUT2D eigenvalue weighted by molar-refractivity contribution is 7.09. The van der Waals surface area contributed by atoms with Gasteiger partial charge in [0, 0.05) is 17.5 Å². The lowest BCUT2D eigenvalue weighted by molar-refractivity contribution is -0.386. The Kier molecular flexibility index (Phi) is 4.48. The molecule has 0 aliphatic carbocycles. The van der Waals surface area contributed by atoms with E-state index in [1.807, 2.05) is 23.6 Å². The minimum atomic E-state index is -0.414. The fraction of sp³-hybridized carbons (Fsp3) is 0.231. The molecule has 0 unspecified atom stereocenters. The first kappa shape index (κ1) is 13.5. The molecule has 2 rings (SSSR count). The highest BCUT2D eigenvalue weighted by atomic mass is 32.1. The third kappa shape index (κ3) is 3.52. The standard InChI is InChI=1S/C13H14N2O3S/c1-14-8-10-4-5-13(12(7-10)15(16)17)18-9-11-3-2-6-19-11/h2-7,14H,8-9H2,1H3. The van der Waals surface area contributed by atoms with Gasteiger partial charge in [0.2, 0.25) is 0 Å². The van der Waals surface area contributed by atoms with Gasteiger partial charge in [-0.05, 0) is 30.1 Å². The smallest absolute Gasteiger partial charge is 0.311 e. The first-order chi connectivity index (χ1) is 9.20. The van der Waals surface area contributed by atoms with Gasteiger partial charge in [0.05, 0.1) is 4.92 Å². The van der Waals surface area contributed by atoms with Gasteiger partial charge in [0.1, 0.15) is 6.61 Å². The Labute approximate surface area is 115 Å². The molecular weight excluding hydrogens is 264 g/mol. The lowest BCUT2D eigenvalue weighted by atomic mass is 10.2. The average molecular weight is 278 g/mol. The fourth-order valence-corrected chi connectivity index (χ4v) is 2.30. The van der Waals surface area contributed by atoms with Crippen molar-refractivity contribution in [3.8, 4) is 5.75 Å². The van der Waals surface area contributed by atoms with Crippen molar-refractivity contribution < 1.29 is 9.66 Å². The molecule has 0 spiro atoms. The molecule has 2 aromatic rings. The van der Waals surface area contributed by atoms with Crippen LogP contribution in [0.15, 0.2) is 35.7 Å². The molecule has 0 aliphatic rings. The molecule has 0 fully saturated rings. The summed E-state index contributed by atoms with van der Waals surface area (Å²) in [6.45, 7) is 0.940. The van der Waals surface area contributed by atoms with Crippen LogP contribution in [-0.4, -0.2) is 12.0 Å². The summed E-state index contributed by atoms with van der Waals surface area (Å²) < 4.78 is 5.52. The van der Waals surface area contributed by atoms with Crippen molar-refractivity contribution in [2.75, 3.05) is 7.05 Å². The Balaban J connectivity index is 2.16. The van der Waals surface area contributed by atoms with E-state index in [-0.39, 0.29) is 5.69 Å². The number of rotatable bonds is 6. The molecule has 0 saturated heterocycles. The van der Waals surface area contributed by atoms with Gasteiger partial charge in [0.25, 0.3) is 0 Å². The van der Waals surface area contributed by atoms with Crippen LogP contribution in [-0.2, 0) is 13.2 Å². The summed E-state index contributed by atoms with van der Waals surface area (Å²) in [4.78, 5) is 11.7. The molecule has 6 heteroatoms. The van der Waals surface area contributed by atoms with Gasteiger partial charge in [-0.3, -0.25) is 10.1 Å². The molecule has 19 heavy (non-hydrogen) atoms. The van der Waals surface area contributed by atoms with Crippen LogP contribution in [0.4, 0.5) is 5.69 Å². The minimum Gasteiger partial charge on any atom is -0.481 e. The highest BCUT2D eigenvalue weighted by Crippen LogP contribution is 2.29. The first-order valence-electron chi connectivity index (χ1n) is 5.78. The first-order valence-corrected chi connectivity index (χ1v) is 6.66. The van der Waals surface area contributed by atoms with Crippen LogP contribution in [0.1, 0.15) is 10.4 Å². The van der Waals surface area contributed by atoms with Crippen LogP contribution >= 0.6 is 11.3 Å². The highest BCUT2D eigenvalue weighted by Gasteiger charge is 2.16. The monoisotopic (exact) mass is 278 g/mol. The third-order valence-electron chi connectivity index (χ3n) is 2.55. The van der Waals surface area contributed by atoms with E-state index in [1.165, 1.54) is 0 Å². The summed E-state index contributed by atoms with van der Waals surface area (Å²) in [5.74, 6) is 0.304. The molecule has 1 N–H and O–H groups in total. The predicted molar refractivity (Wildman–Crippen MR) is 74.5 cm³/mol. The summed E-state index contributed by atoms with van der Waals surface area (Å²) in [5.41, 5.74) is 0.863. The Morgan fingerprint density at radius 3 is 2.89 bits per heavy atom. The molecule has 1 heterocycles. The van der Waals surface area contributed by atoms with Crippen LogP contribution in [0.3, 0.4) is 0 Å². The topological polar surface area (TPSA) is 64.4 Å². The summed E-state index contributed by atoms with van der Waals surface area (Å²) in [6, 6.07) is 8.88. The van der Waals surface area contributed by atoms with Gasteiger partial charge in [-0.25, -0.2) is 0 Å². The molecule has 0 saturated carbocycles. The van der Waals surface area contributed by atoms with Crippen molar-refractivity contribution >= 4 is 17.0 Å². The van der Waals surface area contributed by atoms with E-state index >= 15 is 0 Å². The number of nitrogens with one attached hydrogen (secondary N) is 1. The van der Waals surface area contributed by atoms with Crippen LogP contribution in [0, 0.1) is 10.1 Å². The molecule has 1 aromatic carbocycles. The number of nitrogens with zero attached hydrogens (tertiary/aromatic N) is 1. The quantitative estimate of drug-likeness (QED) is 0.651. The molecule has 0 bridgehead atoms. The molecule has 0 radical (unpaired) electrons. The second-order valence-electron chi connectivity index (χ2n) is 3.96. The number of thiophene rings is 1. The van der Waals surface area contributed by atoms with Crippen LogP contribution in [0.25, 0.3) is 0 Å². The summed E-state index contributed by atoms with van der Waals surface area (Å²) in [5, 5.41) is 16.0. The predicted octanol–water partition coefficient (Wildman–Crippen LogP) is 2.95. The normalized spacial score (nSPS) is 10.4. The van der Waals surface area contributed by atoms with Crippen molar-refractivity contribution in [2.24, 2.45) is 0 Å². The number of hydrogen-bond acceptors (Lipinski definition) is 5.